The lowest BCUT2D eigenvalue weighted by Crippen LogP contribution is -1.75. The summed E-state index contributed by atoms with van der Waals surface area (Å²) in [6, 6.07) is 8.18. The van der Waals surface area contributed by atoms with Gasteiger partial charge in [0.15, 0.2) is 0 Å². The molecule has 0 N–H and O–H groups in total. The van der Waals surface area contributed by atoms with Gasteiger partial charge in [-0.25, -0.2) is 0 Å². The van der Waals surface area contributed by atoms with Gasteiger partial charge in [0.05, 0.1) is 0 Å². The van der Waals surface area contributed by atoms with Crippen LogP contribution in [0, 0.1) is 0 Å². The van der Waals surface area contributed by atoms with Crippen LogP contribution in [0.5, 0.6) is 0 Å². The molecule has 2 heteroatoms. The first-order chi connectivity index (χ1) is 6.24. The third-order valence-corrected chi connectivity index (χ3v) is 2.89. The third-order valence-electron chi connectivity index (χ3n) is 1.58. The molecule has 1 aromatic rings. The van der Waals surface area contributed by atoms with Crippen LogP contribution in [0.25, 0.3) is 4.48 Å². The van der Waals surface area contributed by atoms with E-state index < -0.39 is 0 Å². The van der Waals surface area contributed by atoms with Crippen molar-refractivity contribution in [3.63, 3.8) is 0 Å². The van der Waals surface area contributed by atoms with E-state index in [1.54, 1.807) is 0 Å². The zero-order valence-electron chi connectivity index (χ0n) is 7.13. The number of hydrogen-bond acceptors (Lipinski definition) is 0. The van der Waals surface area contributed by atoms with Crippen LogP contribution in [0.3, 0.4) is 0 Å². The lowest BCUT2D eigenvalue weighted by molar-refractivity contribution is 1.42. The minimum Gasteiger partial charge on any atom is -0.103 e. The molecule has 0 unspecified atom stereocenters. The summed E-state index contributed by atoms with van der Waals surface area (Å²) >= 11 is 6.91. The SMILES string of the molecule is C=CCC=C(Br)c1ccc(Br)cc1. The minimum atomic E-state index is 0.886. The monoisotopic (exact) mass is 300 g/mol. The summed E-state index contributed by atoms with van der Waals surface area (Å²) in [5.74, 6) is 0. The van der Waals surface area contributed by atoms with Crippen LogP contribution in [-0.4, -0.2) is 0 Å². The standard InChI is InChI=1S/C11H10Br2/c1-2-3-4-11(13)9-5-7-10(12)8-6-9/h2,4-8H,1,3H2. The molecule has 0 aromatic heterocycles. The van der Waals surface area contributed by atoms with E-state index >= 15 is 0 Å². The first-order valence-electron chi connectivity index (χ1n) is 3.96. The molecular formula is C11H10Br2. The fourth-order valence-corrected chi connectivity index (χ4v) is 1.63. The Balaban J connectivity index is 2.82. The van der Waals surface area contributed by atoms with Crippen LogP contribution < -0.4 is 0 Å². The summed E-state index contributed by atoms with van der Waals surface area (Å²) in [7, 11) is 0. The fraction of sp³-hybridized carbons (Fsp3) is 0.0909. The number of allylic oxidation sites excluding steroid dienone is 2. The minimum absolute atomic E-state index is 0.886. The Morgan fingerprint density at radius 3 is 2.46 bits per heavy atom. The van der Waals surface area contributed by atoms with Gasteiger partial charge >= 0.3 is 0 Å². The van der Waals surface area contributed by atoms with Crippen molar-refractivity contribution in [1.82, 2.24) is 0 Å². The van der Waals surface area contributed by atoms with E-state index in [1.165, 1.54) is 5.56 Å². The van der Waals surface area contributed by atoms with Crippen molar-refractivity contribution < 1.29 is 0 Å². The summed E-state index contributed by atoms with van der Waals surface area (Å²) in [4.78, 5) is 0. The molecular weight excluding hydrogens is 292 g/mol. The van der Waals surface area contributed by atoms with E-state index in [4.69, 9.17) is 0 Å². The molecule has 0 bridgehead atoms. The normalized spacial score (nSPS) is 11.4. The number of hydrogen-bond donors (Lipinski definition) is 0. The van der Waals surface area contributed by atoms with Crippen LogP contribution in [-0.2, 0) is 0 Å². The van der Waals surface area contributed by atoms with Crippen LogP contribution in [0.1, 0.15) is 12.0 Å². The van der Waals surface area contributed by atoms with E-state index in [9.17, 15) is 0 Å². The lowest BCUT2D eigenvalue weighted by atomic mass is 10.2. The summed E-state index contributed by atoms with van der Waals surface area (Å²) in [5.41, 5.74) is 1.19. The van der Waals surface area contributed by atoms with E-state index in [0.29, 0.717) is 0 Å². The molecule has 0 nitrogen and oxygen atoms in total. The molecule has 0 amide bonds. The molecule has 1 aromatic carbocycles. The van der Waals surface area contributed by atoms with Gasteiger partial charge in [0.1, 0.15) is 0 Å². The van der Waals surface area contributed by atoms with Gasteiger partial charge in [-0.1, -0.05) is 56.1 Å². The molecule has 0 radical (unpaired) electrons. The molecule has 1 rings (SSSR count). The molecule has 0 saturated carbocycles. The van der Waals surface area contributed by atoms with E-state index in [1.807, 2.05) is 18.2 Å². The molecule has 68 valence electrons. The number of benzene rings is 1. The van der Waals surface area contributed by atoms with Crippen LogP contribution >= 0.6 is 31.9 Å². The van der Waals surface area contributed by atoms with Gasteiger partial charge in [0, 0.05) is 8.96 Å². The van der Waals surface area contributed by atoms with Gasteiger partial charge in [0.25, 0.3) is 0 Å². The molecule has 0 atom stereocenters. The van der Waals surface area contributed by atoms with Gasteiger partial charge in [-0.2, -0.15) is 0 Å². The molecule has 0 aliphatic carbocycles. The Hall–Kier alpha value is -0.340. The summed E-state index contributed by atoms with van der Waals surface area (Å²) in [6.45, 7) is 3.67. The third kappa shape index (κ3) is 3.49. The second-order valence-electron chi connectivity index (χ2n) is 2.58. The highest BCUT2D eigenvalue weighted by atomic mass is 79.9. The Bertz CT molecular complexity index is 309. The maximum atomic E-state index is 3.67. The Kier molecular flexibility index (Phi) is 4.46. The highest BCUT2D eigenvalue weighted by Crippen LogP contribution is 2.23. The topological polar surface area (TPSA) is 0 Å². The second-order valence-corrected chi connectivity index (χ2v) is 4.35. The maximum absolute atomic E-state index is 3.67. The Labute approximate surface area is 95.6 Å². The maximum Gasteiger partial charge on any atom is 0.0210 e. The van der Waals surface area contributed by atoms with Crippen molar-refractivity contribution in [1.29, 1.82) is 0 Å². The van der Waals surface area contributed by atoms with E-state index in [2.05, 4.69) is 56.6 Å². The van der Waals surface area contributed by atoms with Gasteiger partial charge in [-0.3, -0.25) is 0 Å². The average Bonchev–Trinajstić information content (AvgIpc) is 2.15. The number of halogens is 2. The first kappa shape index (κ1) is 10.7. The highest BCUT2D eigenvalue weighted by Gasteiger charge is 1.95. The fourth-order valence-electron chi connectivity index (χ4n) is 0.914. The van der Waals surface area contributed by atoms with Gasteiger partial charge < -0.3 is 0 Å². The predicted octanol–water partition coefficient (Wildman–Crippen LogP) is 4.76. The van der Waals surface area contributed by atoms with Crippen molar-refractivity contribution in [2.75, 3.05) is 0 Å². The van der Waals surface area contributed by atoms with Crippen molar-refractivity contribution in [3.8, 4) is 0 Å². The van der Waals surface area contributed by atoms with Gasteiger partial charge in [-0.15, -0.1) is 6.58 Å². The van der Waals surface area contributed by atoms with Crippen LogP contribution in [0.4, 0.5) is 0 Å². The average molecular weight is 302 g/mol. The highest BCUT2D eigenvalue weighted by molar-refractivity contribution is 9.15. The van der Waals surface area contributed by atoms with Crippen molar-refractivity contribution in [2.24, 2.45) is 0 Å². The summed E-state index contributed by atoms with van der Waals surface area (Å²) in [6.07, 6.45) is 4.85. The molecule has 13 heavy (non-hydrogen) atoms. The predicted molar refractivity (Wildman–Crippen MR) is 65.9 cm³/mol. The first-order valence-corrected chi connectivity index (χ1v) is 5.55. The molecule has 0 spiro atoms. The zero-order chi connectivity index (χ0) is 9.68. The molecule has 0 fully saturated rings. The molecule has 0 aliphatic heterocycles. The summed E-state index contributed by atoms with van der Waals surface area (Å²) < 4.78 is 2.21. The van der Waals surface area contributed by atoms with Crippen LogP contribution in [0.15, 0.2) is 47.5 Å². The summed E-state index contributed by atoms with van der Waals surface area (Å²) in [5, 5.41) is 0. The molecule has 0 saturated heterocycles. The largest absolute Gasteiger partial charge is 0.103 e. The lowest BCUT2D eigenvalue weighted by Gasteiger charge is -1.98. The van der Waals surface area contributed by atoms with Crippen LogP contribution in [0.2, 0.25) is 0 Å². The Morgan fingerprint density at radius 1 is 1.31 bits per heavy atom. The quantitative estimate of drug-likeness (QED) is 0.706. The van der Waals surface area contributed by atoms with E-state index in [0.717, 1.165) is 15.4 Å². The zero-order valence-corrected chi connectivity index (χ0v) is 10.3. The van der Waals surface area contributed by atoms with Crippen molar-refractivity contribution in [2.45, 2.75) is 6.42 Å². The van der Waals surface area contributed by atoms with E-state index in [-0.39, 0.29) is 0 Å². The second kappa shape index (κ2) is 5.40. The van der Waals surface area contributed by atoms with Gasteiger partial charge in [0.2, 0.25) is 0 Å². The molecule has 0 aliphatic rings. The smallest absolute Gasteiger partial charge is 0.0210 e. The Morgan fingerprint density at radius 2 is 1.92 bits per heavy atom. The van der Waals surface area contributed by atoms with Crippen molar-refractivity contribution in [3.05, 3.63) is 53.0 Å². The van der Waals surface area contributed by atoms with Gasteiger partial charge in [-0.05, 0) is 24.1 Å². The van der Waals surface area contributed by atoms with Crippen molar-refractivity contribution >= 4 is 36.3 Å². The molecule has 0 heterocycles. The number of rotatable bonds is 3.